The molecule has 1 aliphatic rings. The average molecular weight is 335 g/mol. The van der Waals surface area contributed by atoms with E-state index in [-0.39, 0.29) is 17.4 Å². The highest BCUT2D eigenvalue weighted by Gasteiger charge is 2.37. The lowest BCUT2D eigenvalue weighted by Crippen LogP contribution is -2.42. The number of carbonyl (C=O) groups is 1. The number of hydrogen-bond acceptors (Lipinski definition) is 4. The van der Waals surface area contributed by atoms with E-state index in [1.54, 1.807) is 26.2 Å². The molecule has 0 radical (unpaired) electrons. The van der Waals surface area contributed by atoms with Crippen molar-refractivity contribution in [1.29, 1.82) is 0 Å². The van der Waals surface area contributed by atoms with E-state index in [9.17, 15) is 4.79 Å². The van der Waals surface area contributed by atoms with Gasteiger partial charge in [-0.3, -0.25) is 4.79 Å². The molecule has 24 heavy (non-hydrogen) atoms. The third-order valence-electron chi connectivity index (χ3n) is 4.35. The van der Waals surface area contributed by atoms with E-state index in [1.807, 2.05) is 12.1 Å². The zero-order valence-electron chi connectivity index (χ0n) is 15.3. The Bertz CT molecular complexity index is 535. The maximum Gasteiger partial charge on any atom is 0.260 e. The minimum atomic E-state index is -0.547. The lowest BCUT2D eigenvalue weighted by Gasteiger charge is -2.31. The minimum absolute atomic E-state index is 0.0805. The number of amides is 1. The van der Waals surface area contributed by atoms with Crippen LogP contribution in [0.25, 0.3) is 0 Å². The van der Waals surface area contributed by atoms with Gasteiger partial charge in [-0.1, -0.05) is 20.8 Å². The molecule has 1 heterocycles. The Balaban J connectivity index is 1.83. The van der Waals surface area contributed by atoms with Crippen molar-refractivity contribution in [1.82, 2.24) is 5.32 Å². The average Bonchev–Trinajstić information content (AvgIpc) is 3.02. The van der Waals surface area contributed by atoms with Crippen molar-refractivity contribution < 1.29 is 19.0 Å². The second-order valence-electron chi connectivity index (χ2n) is 7.39. The Morgan fingerprint density at radius 3 is 2.50 bits per heavy atom. The van der Waals surface area contributed by atoms with E-state index in [2.05, 4.69) is 26.1 Å². The topological polar surface area (TPSA) is 56.8 Å². The Morgan fingerprint density at radius 2 is 1.92 bits per heavy atom. The summed E-state index contributed by atoms with van der Waals surface area (Å²) in [5, 5.41) is 3.00. The summed E-state index contributed by atoms with van der Waals surface area (Å²) in [6.07, 6.45) is 0.611. The number of benzene rings is 1. The van der Waals surface area contributed by atoms with Crippen LogP contribution in [0.5, 0.6) is 11.5 Å². The van der Waals surface area contributed by atoms with Gasteiger partial charge < -0.3 is 19.5 Å². The molecule has 5 heteroatoms. The molecule has 1 aromatic rings. The van der Waals surface area contributed by atoms with Crippen molar-refractivity contribution in [3.8, 4) is 11.5 Å². The molecule has 5 nitrogen and oxygen atoms in total. The van der Waals surface area contributed by atoms with E-state index in [4.69, 9.17) is 14.2 Å². The van der Waals surface area contributed by atoms with Gasteiger partial charge in [-0.25, -0.2) is 0 Å². The lowest BCUT2D eigenvalue weighted by molar-refractivity contribution is -0.127. The van der Waals surface area contributed by atoms with Gasteiger partial charge in [-0.05, 0) is 43.0 Å². The van der Waals surface area contributed by atoms with Crippen molar-refractivity contribution in [2.45, 2.75) is 46.3 Å². The van der Waals surface area contributed by atoms with E-state index in [0.717, 1.165) is 18.8 Å². The third kappa shape index (κ3) is 4.87. The summed E-state index contributed by atoms with van der Waals surface area (Å²) in [6, 6.07) is 7.21. The van der Waals surface area contributed by atoms with Gasteiger partial charge >= 0.3 is 0 Å². The molecule has 1 N–H and O–H groups in total. The Kier molecular flexibility index (Phi) is 6.10. The fourth-order valence-electron chi connectivity index (χ4n) is 3.09. The third-order valence-corrected chi connectivity index (χ3v) is 4.35. The number of methoxy groups -OCH3 is 1. The van der Waals surface area contributed by atoms with Gasteiger partial charge in [0.05, 0.1) is 13.2 Å². The van der Waals surface area contributed by atoms with Crippen LogP contribution in [0.15, 0.2) is 24.3 Å². The first-order valence-corrected chi connectivity index (χ1v) is 8.51. The maximum absolute atomic E-state index is 12.3. The summed E-state index contributed by atoms with van der Waals surface area (Å²) in [5.74, 6) is 1.65. The smallest absolute Gasteiger partial charge is 0.260 e. The van der Waals surface area contributed by atoms with Crippen LogP contribution >= 0.6 is 0 Å². The fraction of sp³-hybridized carbons (Fsp3) is 0.632. The van der Waals surface area contributed by atoms with Gasteiger partial charge in [0.1, 0.15) is 11.5 Å². The molecule has 0 unspecified atom stereocenters. The van der Waals surface area contributed by atoms with Crippen LogP contribution in [0.3, 0.4) is 0 Å². The monoisotopic (exact) mass is 335 g/mol. The largest absolute Gasteiger partial charge is 0.497 e. The number of ether oxygens (including phenoxy) is 3. The fourth-order valence-corrected chi connectivity index (χ4v) is 3.09. The highest BCUT2D eigenvalue weighted by atomic mass is 16.5. The van der Waals surface area contributed by atoms with Crippen LogP contribution < -0.4 is 14.8 Å². The first-order valence-electron chi connectivity index (χ1n) is 8.51. The molecule has 0 bridgehead atoms. The quantitative estimate of drug-likeness (QED) is 0.868. The summed E-state index contributed by atoms with van der Waals surface area (Å²) >= 11 is 0. The predicted octanol–water partition coefficient (Wildman–Crippen LogP) is 3.03. The second-order valence-corrected chi connectivity index (χ2v) is 7.39. The van der Waals surface area contributed by atoms with Gasteiger partial charge in [-0.2, -0.15) is 0 Å². The first kappa shape index (κ1) is 18.6. The predicted molar refractivity (Wildman–Crippen MR) is 93.4 cm³/mol. The van der Waals surface area contributed by atoms with E-state index >= 15 is 0 Å². The van der Waals surface area contributed by atoms with Crippen molar-refractivity contribution in [2.75, 3.05) is 20.3 Å². The Labute approximate surface area is 144 Å². The van der Waals surface area contributed by atoms with Crippen molar-refractivity contribution in [3.63, 3.8) is 0 Å². The van der Waals surface area contributed by atoms with E-state index in [1.165, 1.54) is 0 Å². The van der Waals surface area contributed by atoms with Crippen LogP contribution in [0.1, 0.15) is 34.1 Å². The normalized spacial score (nSPS) is 22.0. The van der Waals surface area contributed by atoms with E-state index < -0.39 is 6.10 Å². The summed E-state index contributed by atoms with van der Waals surface area (Å²) in [4.78, 5) is 12.3. The number of rotatable bonds is 6. The van der Waals surface area contributed by atoms with Crippen LogP contribution in [0, 0.1) is 11.3 Å². The summed E-state index contributed by atoms with van der Waals surface area (Å²) < 4.78 is 16.6. The molecule has 1 aliphatic heterocycles. The molecule has 0 aliphatic carbocycles. The van der Waals surface area contributed by atoms with Crippen molar-refractivity contribution >= 4 is 5.91 Å². The molecule has 0 aromatic heterocycles. The van der Waals surface area contributed by atoms with Crippen LogP contribution in [0.2, 0.25) is 0 Å². The van der Waals surface area contributed by atoms with E-state index in [0.29, 0.717) is 18.2 Å². The minimum Gasteiger partial charge on any atom is -0.497 e. The lowest BCUT2D eigenvalue weighted by atomic mass is 9.81. The molecule has 1 saturated heterocycles. The SMILES string of the molecule is COc1ccc(O[C@H](C)C(=O)NC[C@@H]2CCO[C@H]2C(C)(C)C)cc1. The Morgan fingerprint density at radius 1 is 1.29 bits per heavy atom. The van der Waals surface area contributed by atoms with Crippen molar-refractivity contribution in [3.05, 3.63) is 24.3 Å². The summed E-state index contributed by atoms with van der Waals surface area (Å²) in [6.45, 7) is 9.66. The molecule has 0 saturated carbocycles. The van der Waals surface area contributed by atoms with Gasteiger partial charge in [0.25, 0.3) is 5.91 Å². The molecule has 2 rings (SSSR count). The highest BCUT2D eigenvalue weighted by Crippen LogP contribution is 2.34. The summed E-state index contributed by atoms with van der Waals surface area (Å²) in [7, 11) is 1.61. The standard InChI is InChI=1S/C19H29NO4/c1-13(24-16-8-6-15(22-5)7-9-16)18(21)20-12-14-10-11-23-17(14)19(2,3)4/h6-9,13-14,17H,10-12H2,1-5H3,(H,20,21)/t13-,14+,17-/m1/s1. The van der Waals surface area contributed by atoms with Gasteiger partial charge in [0.15, 0.2) is 6.10 Å². The summed E-state index contributed by atoms with van der Waals surface area (Å²) in [5.41, 5.74) is 0.0805. The molecule has 134 valence electrons. The molecule has 0 spiro atoms. The van der Waals surface area contributed by atoms with Gasteiger partial charge in [-0.15, -0.1) is 0 Å². The van der Waals surface area contributed by atoms with Crippen molar-refractivity contribution in [2.24, 2.45) is 11.3 Å². The maximum atomic E-state index is 12.3. The second kappa shape index (κ2) is 7.88. The van der Waals surface area contributed by atoms with Crippen LogP contribution in [0.4, 0.5) is 0 Å². The number of nitrogens with one attached hydrogen (secondary N) is 1. The molecule has 3 atom stereocenters. The highest BCUT2D eigenvalue weighted by molar-refractivity contribution is 5.80. The molecular weight excluding hydrogens is 306 g/mol. The molecule has 1 amide bonds. The van der Waals surface area contributed by atoms with Gasteiger partial charge in [0.2, 0.25) is 0 Å². The van der Waals surface area contributed by atoms with Crippen LogP contribution in [-0.4, -0.2) is 38.4 Å². The molecule has 1 fully saturated rings. The number of carbonyl (C=O) groups excluding carboxylic acids is 1. The Hall–Kier alpha value is -1.75. The van der Waals surface area contributed by atoms with Gasteiger partial charge in [0, 0.05) is 19.1 Å². The zero-order valence-corrected chi connectivity index (χ0v) is 15.3. The first-order chi connectivity index (χ1) is 11.3. The van der Waals surface area contributed by atoms with Crippen LogP contribution in [-0.2, 0) is 9.53 Å². The number of hydrogen-bond donors (Lipinski definition) is 1. The molecular formula is C19H29NO4. The zero-order chi connectivity index (χ0) is 17.7. The molecule has 1 aromatic carbocycles.